The number of thiazole rings is 1. The average Bonchev–Trinajstić information content (AvgIpc) is 3.15. The zero-order valence-corrected chi connectivity index (χ0v) is 16.2. The SMILES string of the molecule is O=C(NCCc1nccs1)C1CCN(C(=O)c2ccc(Br)cc2)CC1. The van der Waals surface area contributed by atoms with Crippen molar-refractivity contribution in [2.45, 2.75) is 19.3 Å². The highest BCUT2D eigenvalue weighted by molar-refractivity contribution is 9.10. The Morgan fingerprint density at radius 2 is 1.96 bits per heavy atom. The fourth-order valence-electron chi connectivity index (χ4n) is 2.93. The van der Waals surface area contributed by atoms with Crippen molar-refractivity contribution in [3.8, 4) is 0 Å². The van der Waals surface area contributed by atoms with E-state index in [1.807, 2.05) is 34.5 Å². The molecule has 0 aliphatic carbocycles. The maximum absolute atomic E-state index is 12.5. The summed E-state index contributed by atoms with van der Waals surface area (Å²) >= 11 is 4.98. The summed E-state index contributed by atoms with van der Waals surface area (Å²) in [7, 11) is 0. The van der Waals surface area contributed by atoms with Crippen LogP contribution in [0, 0.1) is 5.92 Å². The molecule has 1 saturated heterocycles. The molecule has 132 valence electrons. The zero-order chi connectivity index (χ0) is 17.6. The minimum Gasteiger partial charge on any atom is -0.355 e. The molecule has 1 N–H and O–H groups in total. The van der Waals surface area contributed by atoms with E-state index < -0.39 is 0 Å². The minimum absolute atomic E-state index is 0.00902. The van der Waals surface area contributed by atoms with E-state index in [9.17, 15) is 9.59 Å². The summed E-state index contributed by atoms with van der Waals surface area (Å²) in [5.41, 5.74) is 0.689. The largest absolute Gasteiger partial charge is 0.355 e. The summed E-state index contributed by atoms with van der Waals surface area (Å²) in [5.74, 6) is 0.118. The highest BCUT2D eigenvalue weighted by atomic mass is 79.9. The van der Waals surface area contributed by atoms with Gasteiger partial charge in [-0.1, -0.05) is 15.9 Å². The summed E-state index contributed by atoms with van der Waals surface area (Å²) in [6.45, 7) is 1.86. The van der Waals surface area contributed by atoms with Crippen molar-refractivity contribution in [2.75, 3.05) is 19.6 Å². The van der Waals surface area contributed by atoms with Crippen LogP contribution in [0.5, 0.6) is 0 Å². The molecule has 2 aromatic rings. The van der Waals surface area contributed by atoms with E-state index in [4.69, 9.17) is 0 Å². The summed E-state index contributed by atoms with van der Waals surface area (Å²) in [6, 6.07) is 7.39. The third kappa shape index (κ3) is 4.89. The maximum Gasteiger partial charge on any atom is 0.253 e. The summed E-state index contributed by atoms with van der Waals surface area (Å²) < 4.78 is 0.956. The van der Waals surface area contributed by atoms with Gasteiger partial charge >= 0.3 is 0 Å². The van der Waals surface area contributed by atoms with Crippen LogP contribution in [0.3, 0.4) is 0 Å². The Bertz CT molecular complexity index is 710. The molecule has 1 aromatic carbocycles. The van der Waals surface area contributed by atoms with Gasteiger partial charge in [-0.3, -0.25) is 9.59 Å². The second-order valence-corrected chi connectivity index (χ2v) is 7.94. The van der Waals surface area contributed by atoms with Gasteiger partial charge in [0.05, 0.1) is 5.01 Å². The van der Waals surface area contributed by atoms with Crippen LogP contribution in [-0.2, 0) is 11.2 Å². The molecule has 2 heterocycles. The molecule has 1 fully saturated rings. The zero-order valence-electron chi connectivity index (χ0n) is 13.8. The average molecular weight is 422 g/mol. The summed E-state index contributed by atoms with van der Waals surface area (Å²) in [6.07, 6.45) is 3.97. The number of hydrogen-bond donors (Lipinski definition) is 1. The van der Waals surface area contributed by atoms with Crippen molar-refractivity contribution >= 4 is 39.1 Å². The smallest absolute Gasteiger partial charge is 0.253 e. The first-order valence-corrected chi connectivity index (χ1v) is 10.0. The molecule has 0 spiro atoms. The van der Waals surface area contributed by atoms with Crippen LogP contribution in [0.25, 0.3) is 0 Å². The van der Waals surface area contributed by atoms with Crippen LogP contribution < -0.4 is 5.32 Å². The quantitative estimate of drug-likeness (QED) is 0.806. The van der Waals surface area contributed by atoms with Gasteiger partial charge in [-0.05, 0) is 37.1 Å². The van der Waals surface area contributed by atoms with Crippen molar-refractivity contribution in [3.63, 3.8) is 0 Å². The third-order valence-electron chi connectivity index (χ3n) is 4.37. The van der Waals surface area contributed by atoms with Crippen molar-refractivity contribution in [2.24, 2.45) is 5.92 Å². The van der Waals surface area contributed by atoms with E-state index >= 15 is 0 Å². The number of amides is 2. The summed E-state index contributed by atoms with van der Waals surface area (Å²) in [5, 5.41) is 5.97. The second-order valence-electron chi connectivity index (χ2n) is 6.04. The minimum atomic E-state index is -0.00902. The highest BCUT2D eigenvalue weighted by Gasteiger charge is 2.27. The standard InChI is InChI=1S/C18H20BrN3O2S/c19-15-3-1-14(2-4-15)18(24)22-10-6-13(7-11-22)17(23)21-8-5-16-20-9-12-25-16/h1-4,9,12-13H,5-8,10-11H2,(H,21,23). The lowest BCUT2D eigenvalue weighted by Crippen LogP contribution is -2.43. The second kappa shape index (κ2) is 8.58. The van der Waals surface area contributed by atoms with Gasteiger partial charge in [0.15, 0.2) is 0 Å². The van der Waals surface area contributed by atoms with Crippen LogP contribution in [0.15, 0.2) is 40.3 Å². The van der Waals surface area contributed by atoms with Crippen LogP contribution in [-0.4, -0.2) is 41.3 Å². The van der Waals surface area contributed by atoms with Gasteiger partial charge < -0.3 is 10.2 Å². The number of piperidine rings is 1. The topological polar surface area (TPSA) is 62.3 Å². The lowest BCUT2D eigenvalue weighted by atomic mass is 9.95. The van der Waals surface area contributed by atoms with E-state index in [1.54, 1.807) is 17.5 Å². The van der Waals surface area contributed by atoms with E-state index in [2.05, 4.69) is 26.2 Å². The molecular formula is C18H20BrN3O2S. The number of halogens is 1. The third-order valence-corrected chi connectivity index (χ3v) is 5.73. The molecule has 0 saturated carbocycles. The Morgan fingerprint density at radius 3 is 2.60 bits per heavy atom. The number of rotatable bonds is 5. The maximum atomic E-state index is 12.5. The number of aromatic nitrogens is 1. The number of carbonyl (C=O) groups is 2. The van der Waals surface area contributed by atoms with Crippen LogP contribution in [0.2, 0.25) is 0 Å². The van der Waals surface area contributed by atoms with Gasteiger partial charge in [0.25, 0.3) is 5.91 Å². The Morgan fingerprint density at radius 1 is 1.24 bits per heavy atom. The number of benzene rings is 1. The molecule has 0 bridgehead atoms. The van der Waals surface area contributed by atoms with E-state index in [1.165, 1.54) is 0 Å². The first-order valence-electron chi connectivity index (χ1n) is 8.34. The van der Waals surface area contributed by atoms with Gasteiger partial charge in [0.2, 0.25) is 5.91 Å². The van der Waals surface area contributed by atoms with E-state index in [0.717, 1.165) is 15.9 Å². The molecule has 1 aliphatic heterocycles. The molecule has 7 heteroatoms. The summed E-state index contributed by atoms with van der Waals surface area (Å²) in [4.78, 5) is 30.8. The Kier molecular flexibility index (Phi) is 6.20. The van der Waals surface area contributed by atoms with E-state index in [0.29, 0.717) is 38.0 Å². The van der Waals surface area contributed by atoms with Gasteiger partial charge in [-0.2, -0.15) is 0 Å². The number of nitrogens with one attached hydrogen (secondary N) is 1. The first kappa shape index (κ1) is 18.1. The van der Waals surface area contributed by atoms with Gasteiger partial charge in [-0.15, -0.1) is 11.3 Å². The van der Waals surface area contributed by atoms with Crippen molar-refractivity contribution in [1.82, 2.24) is 15.2 Å². The lowest BCUT2D eigenvalue weighted by Gasteiger charge is -2.31. The van der Waals surface area contributed by atoms with Gasteiger partial charge in [0.1, 0.15) is 0 Å². The van der Waals surface area contributed by atoms with Gasteiger partial charge in [-0.25, -0.2) is 4.98 Å². The Hall–Kier alpha value is -1.73. The Labute approximate surface area is 159 Å². The number of hydrogen-bond acceptors (Lipinski definition) is 4. The molecule has 3 rings (SSSR count). The number of nitrogens with zero attached hydrogens (tertiary/aromatic N) is 2. The highest BCUT2D eigenvalue weighted by Crippen LogP contribution is 2.20. The molecule has 25 heavy (non-hydrogen) atoms. The predicted molar refractivity (Wildman–Crippen MR) is 102 cm³/mol. The molecule has 5 nitrogen and oxygen atoms in total. The molecule has 0 unspecified atom stereocenters. The van der Waals surface area contributed by atoms with Crippen molar-refractivity contribution in [1.29, 1.82) is 0 Å². The lowest BCUT2D eigenvalue weighted by molar-refractivity contribution is -0.126. The normalized spacial score (nSPS) is 15.2. The van der Waals surface area contributed by atoms with E-state index in [-0.39, 0.29) is 17.7 Å². The van der Waals surface area contributed by atoms with Gasteiger partial charge in [0, 0.05) is 53.6 Å². The molecule has 2 amide bonds. The molecule has 0 atom stereocenters. The van der Waals surface area contributed by atoms with Crippen LogP contribution in [0.1, 0.15) is 28.2 Å². The molecule has 1 aromatic heterocycles. The fourth-order valence-corrected chi connectivity index (χ4v) is 3.82. The molecule has 1 aliphatic rings. The van der Waals surface area contributed by atoms with Crippen LogP contribution >= 0.6 is 27.3 Å². The monoisotopic (exact) mass is 421 g/mol. The fraction of sp³-hybridized carbons (Fsp3) is 0.389. The van der Waals surface area contributed by atoms with Crippen LogP contribution in [0.4, 0.5) is 0 Å². The number of carbonyl (C=O) groups excluding carboxylic acids is 2. The molecule has 0 radical (unpaired) electrons. The van der Waals surface area contributed by atoms with Crippen molar-refractivity contribution in [3.05, 3.63) is 50.9 Å². The van der Waals surface area contributed by atoms with Crippen molar-refractivity contribution < 1.29 is 9.59 Å². The first-order chi connectivity index (χ1) is 12.1. The Balaban J connectivity index is 1.43. The number of likely N-dealkylation sites (tertiary alicyclic amines) is 1. The predicted octanol–water partition coefficient (Wildman–Crippen LogP) is 3.12. The molecular weight excluding hydrogens is 402 g/mol.